The summed E-state index contributed by atoms with van der Waals surface area (Å²) in [4.78, 5) is 36.4. The molecule has 0 fully saturated rings. The van der Waals surface area contributed by atoms with Gasteiger partial charge in [-0.3, -0.25) is 0 Å². The van der Waals surface area contributed by atoms with Crippen molar-refractivity contribution < 1.29 is 9.53 Å². The molecule has 0 aromatic carbocycles. The molecule has 0 aliphatic carbocycles. The summed E-state index contributed by atoms with van der Waals surface area (Å²) in [7, 11) is 1.33. The Kier molecular flexibility index (Phi) is 5.99. The molecule has 10 heteroatoms. The van der Waals surface area contributed by atoms with Gasteiger partial charge in [0.25, 0.3) is 0 Å². The van der Waals surface area contributed by atoms with Crippen LogP contribution in [0.3, 0.4) is 0 Å². The second-order valence-corrected chi connectivity index (χ2v) is 8.88. The Labute approximate surface area is 191 Å². The first-order valence-electron chi connectivity index (χ1n) is 10.7. The fraction of sp³-hybridized carbons (Fsp3) is 0.348. The Morgan fingerprint density at radius 1 is 1.21 bits per heavy atom. The fourth-order valence-electron chi connectivity index (χ4n) is 3.33. The molecule has 1 amide bonds. The van der Waals surface area contributed by atoms with Gasteiger partial charge in [0.2, 0.25) is 5.95 Å². The van der Waals surface area contributed by atoms with E-state index in [0.717, 1.165) is 33.8 Å². The summed E-state index contributed by atoms with van der Waals surface area (Å²) in [6.07, 6.45) is 4.89. The molecule has 0 saturated carbocycles. The lowest BCUT2D eigenvalue weighted by atomic mass is 9.96. The van der Waals surface area contributed by atoms with Crippen molar-refractivity contribution in [3.8, 4) is 22.6 Å². The van der Waals surface area contributed by atoms with Gasteiger partial charge in [-0.1, -0.05) is 20.8 Å². The molecular weight excluding hydrogens is 420 g/mol. The van der Waals surface area contributed by atoms with Gasteiger partial charge < -0.3 is 25.3 Å². The van der Waals surface area contributed by atoms with E-state index in [2.05, 4.69) is 67.1 Å². The van der Waals surface area contributed by atoms with Gasteiger partial charge in [-0.2, -0.15) is 0 Å². The van der Waals surface area contributed by atoms with Crippen LogP contribution in [0.1, 0.15) is 33.5 Å². The van der Waals surface area contributed by atoms with E-state index in [1.165, 1.54) is 7.11 Å². The Bertz CT molecular complexity index is 1270. The number of aromatic amines is 2. The molecule has 0 aliphatic heterocycles. The second-order valence-electron chi connectivity index (χ2n) is 8.88. The van der Waals surface area contributed by atoms with Crippen molar-refractivity contribution in [2.75, 3.05) is 19.0 Å². The van der Waals surface area contributed by atoms with E-state index < -0.39 is 6.09 Å². The molecule has 0 radical (unpaired) electrons. The maximum atomic E-state index is 11.4. The summed E-state index contributed by atoms with van der Waals surface area (Å²) in [6.45, 7) is 8.62. The number of carbonyl (C=O) groups is 1. The normalized spacial score (nSPS) is 12.5. The van der Waals surface area contributed by atoms with Crippen LogP contribution in [0, 0.1) is 0 Å². The molecule has 0 unspecified atom stereocenters. The predicted molar refractivity (Wildman–Crippen MR) is 127 cm³/mol. The zero-order valence-corrected chi connectivity index (χ0v) is 19.4. The van der Waals surface area contributed by atoms with E-state index in [0.29, 0.717) is 18.2 Å². The number of hydrogen-bond acceptors (Lipinski definition) is 7. The van der Waals surface area contributed by atoms with Crippen molar-refractivity contribution in [1.29, 1.82) is 0 Å². The van der Waals surface area contributed by atoms with Crippen LogP contribution < -0.4 is 10.6 Å². The lowest BCUT2D eigenvalue weighted by Gasteiger charge is -2.14. The van der Waals surface area contributed by atoms with Crippen molar-refractivity contribution in [1.82, 2.24) is 35.2 Å². The van der Waals surface area contributed by atoms with Gasteiger partial charge in [-0.05, 0) is 25.1 Å². The van der Waals surface area contributed by atoms with Crippen molar-refractivity contribution in [3.63, 3.8) is 0 Å². The molecule has 172 valence electrons. The summed E-state index contributed by atoms with van der Waals surface area (Å²) >= 11 is 0. The average molecular weight is 449 g/mol. The number of nitrogens with zero attached hydrogens (tertiary/aromatic N) is 4. The number of pyridine rings is 1. The molecule has 0 aliphatic rings. The number of hydrogen-bond donors (Lipinski definition) is 4. The monoisotopic (exact) mass is 448 g/mol. The van der Waals surface area contributed by atoms with Gasteiger partial charge in [-0.15, -0.1) is 0 Å². The van der Waals surface area contributed by atoms with E-state index in [-0.39, 0.29) is 11.5 Å². The van der Waals surface area contributed by atoms with Crippen LogP contribution in [0.2, 0.25) is 0 Å². The highest BCUT2D eigenvalue weighted by molar-refractivity contribution is 5.84. The number of amides is 1. The van der Waals surface area contributed by atoms with E-state index in [1.54, 1.807) is 6.20 Å². The minimum atomic E-state index is -0.483. The summed E-state index contributed by atoms with van der Waals surface area (Å²) in [5.41, 5.74) is 3.82. The van der Waals surface area contributed by atoms with Gasteiger partial charge in [-0.25, -0.2) is 24.7 Å². The minimum Gasteiger partial charge on any atom is -0.453 e. The number of ether oxygens (including phenoxy) is 1. The van der Waals surface area contributed by atoms with Gasteiger partial charge >= 0.3 is 6.09 Å². The van der Waals surface area contributed by atoms with Crippen molar-refractivity contribution in [2.45, 2.75) is 39.2 Å². The summed E-state index contributed by atoms with van der Waals surface area (Å²) in [5.74, 6) is 1.30. The molecule has 0 bridgehead atoms. The lowest BCUT2D eigenvalue weighted by molar-refractivity contribution is 0.168. The predicted octanol–water partition coefficient (Wildman–Crippen LogP) is 3.86. The van der Waals surface area contributed by atoms with Crippen molar-refractivity contribution in [3.05, 3.63) is 42.6 Å². The molecular formula is C23H28N8O2. The number of aromatic nitrogens is 6. The highest BCUT2D eigenvalue weighted by Gasteiger charge is 2.23. The fourth-order valence-corrected chi connectivity index (χ4v) is 3.33. The van der Waals surface area contributed by atoms with Crippen LogP contribution in [-0.4, -0.2) is 55.7 Å². The zero-order valence-electron chi connectivity index (χ0n) is 19.4. The summed E-state index contributed by atoms with van der Waals surface area (Å²) < 4.78 is 4.63. The molecule has 0 spiro atoms. The van der Waals surface area contributed by atoms with Crippen LogP contribution in [0.25, 0.3) is 33.7 Å². The Morgan fingerprint density at radius 2 is 2.03 bits per heavy atom. The number of nitrogens with one attached hydrogen (secondary N) is 4. The minimum absolute atomic E-state index is 0.168. The maximum absolute atomic E-state index is 11.4. The highest BCUT2D eigenvalue weighted by atomic mass is 16.5. The third-order valence-corrected chi connectivity index (χ3v) is 5.12. The Morgan fingerprint density at radius 3 is 2.79 bits per heavy atom. The topological polar surface area (TPSA) is 134 Å². The first kappa shape index (κ1) is 22.3. The molecule has 10 nitrogen and oxygen atoms in total. The number of rotatable bonds is 6. The third-order valence-electron chi connectivity index (χ3n) is 5.12. The van der Waals surface area contributed by atoms with E-state index in [1.807, 2.05) is 31.5 Å². The first-order valence-corrected chi connectivity index (χ1v) is 10.7. The van der Waals surface area contributed by atoms with Gasteiger partial charge in [0.1, 0.15) is 11.5 Å². The van der Waals surface area contributed by atoms with Gasteiger partial charge in [0.05, 0.1) is 24.2 Å². The molecule has 4 heterocycles. The molecule has 4 N–H and O–H groups in total. The number of fused-ring (bicyclic) bond motifs is 1. The smallest absolute Gasteiger partial charge is 0.407 e. The standard InChI is InChI=1S/C23H28N8O2/c1-13(28-22(32)33-5)11-27-21-25-9-7-16(29-21)18-17(30-20(31-18)23(2,3)4)15-10-14-6-8-24-19(14)26-12-15/h6-10,12-13H,11H2,1-5H3,(H,24,26)(H,28,32)(H,30,31)(H,25,27,29)/t13-/m0/s1. The summed E-state index contributed by atoms with van der Waals surface area (Å²) in [5, 5.41) is 6.87. The number of anilines is 1. The lowest BCUT2D eigenvalue weighted by Crippen LogP contribution is -2.37. The maximum Gasteiger partial charge on any atom is 0.407 e. The number of imidazole rings is 1. The van der Waals surface area contributed by atoms with E-state index >= 15 is 0 Å². The molecule has 4 rings (SSSR count). The average Bonchev–Trinajstić information content (AvgIpc) is 3.44. The van der Waals surface area contributed by atoms with Crippen LogP contribution >= 0.6 is 0 Å². The van der Waals surface area contributed by atoms with Gasteiger partial charge in [0.15, 0.2) is 0 Å². The Balaban J connectivity index is 1.67. The van der Waals surface area contributed by atoms with E-state index in [9.17, 15) is 4.79 Å². The largest absolute Gasteiger partial charge is 0.453 e. The van der Waals surface area contributed by atoms with E-state index in [4.69, 9.17) is 4.98 Å². The zero-order chi connectivity index (χ0) is 23.6. The molecule has 0 saturated heterocycles. The first-order chi connectivity index (χ1) is 15.7. The quantitative estimate of drug-likeness (QED) is 0.352. The molecule has 4 aromatic heterocycles. The number of carbonyl (C=O) groups excluding carboxylic acids is 1. The van der Waals surface area contributed by atoms with Crippen LogP contribution in [0.15, 0.2) is 36.8 Å². The van der Waals surface area contributed by atoms with Crippen molar-refractivity contribution >= 4 is 23.1 Å². The van der Waals surface area contributed by atoms with Crippen LogP contribution in [0.5, 0.6) is 0 Å². The number of alkyl carbamates (subject to hydrolysis) is 1. The highest BCUT2D eigenvalue weighted by Crippen LogP contribution is 2.33. The molecule has 33 heavy (non-hydrogen) atoms. The Hall–Kier alpha value is -3.95. The molecule has 4 aromatic rings. The second kappa shape index (κ2) is 8.89. The number of H-pyrrole nitrogens is 2. The van der Waals surface area contributed by atoms with Gasteiger partial charge in [0, 0.05) is 47.5 Å². The molecule has 1 atom stereocenters. The van der Waals surface area contributed by atoms with Crippen LogP contribution in [-0.2, 0) is 10.2 Å². The number of methoxy groups -OCH3 is 1. The summed E-state index contributed by atoms with van der Waals surface area (Å²) in [6, 6.07) is 5.72. The SMILES string of the molecule is COC(=O)N[C@@H](C)CNc1nccc(-c2[nH]c(C(C)(C)C)nc2-c2cnc3[nH]ccc3c2)n1. The van der Waals surface area contributed by atoms with Crippen LogP contribution in [0.4, 0.5) is 10.7 Å². The third kappa shape index (κ3) is 4.94. The van der Waals surface area contributed by atoms with Crippen molar-refractivity contribution in [2.24, 2.45) is 0 Å².